The van der Waals surface area contributed by atoms with Crippen molar-refractivity contribution in [1.82, 2.24) is 14.7 Å². The third-order valence-corrected chi connectivity index (χ3v) is 4.23. The minimum atomic E-state index is -0.573. The van der Waals surface area contributed by atoms with Gasteiger partial charge in [0, 0.05) is 25.3 Å². The van der Waals surface area contributed by atoms with Crippen LogP contribution in [0.3, 0.4) is 0 Å². The lowest BCUT2D eigenvalue weighted by molar-refractivity contribution is -0.129. The first kappa shape index (κ1) is 15.4. The first-order valence-electron chi connectivity index (χ1n) is 7.64. The van der Waals surface area contributed by atoms with Crippen molar-refractivity contribution in [3.8, 4) is 0 Å². The number of nitrogens with zero attached hydrogens (tertiary/aromatic N) is 3. The smallest absolute Gasteiger partial charge is 0.295 e. The van der Waals surface area contributed by atoms with E-state index in [1.54, 1.807) is 16.9 Å². The van der Waals surface area contributed by atoms with Gasteiger partial charge in [-0.1, -0.05) is 6.07 Å². The predicted octanol–water partition coefficient (Wildman–Crippen LogP) is 2.20. The number of amides is 1. The van der Waals surface area contributed by atoms with Crippen LogP contribution in [-0.2, 0) is 24.3 Å². The average molecular weight is 315 g/mol. The second kappa shape index (κ2) is 5.95. The maximum Gasteiger partial charge on any atom is 0.295 e. The van der Waals surface area contributed by atoms with E-state index in [9.17, 15) is 14.0 Å². The highest BCUT2D eigenvalue weighted by Gasteiger charge is 2.31. The largest absolute Gasteiger partial charge is 0.328 e. The van der Waals surface area contributed by atoms with Crippen LogP contribution in [-0.4, -0.2) is 32.4 Å². The van der Waals surface area contributed by atoms with E-state index in [1.165, 1.54) is 23.2 Å². The molecule has 1 atom stereocenters. The van der Waals surface area contributed by atoms with Gasteiger partial charge in [-0.2, -0.15) is 5.10 Å². The molecule has 1 amide bonds. The summed E-state index contributed by atoms with van der Waals surface area (Å²) in [5.74, 6) is -1.47. The zero-order chi connectivity index (χ0) is 16.6. The van der Waals surface area contributed by atoms with Crippen molar-refractivity contribution in [2.45, 2.75) is 39.4 Å². The molecule has 0 saturated heterocycles. The molecular formula is C17H18FN3O2. The number of halogens is 1. The summed E-state index contributed by atoms with van der Waals surface area (Å²) in [5.41, 5.74) is 2.07. The minimum absolute atomic E-state index is 0.106. The molecule has 0 radical (unpaired) electrons. The summed E-state index contributed by atoms with van der Waals surface area (Å²) in [4.78, 5) is 26.4. The average Bonchev–Trinajstić information content (AvgIpc) is 3.02. The second-order valence-electron chi connectivity index (χ2n) is 5.81. The molecule has 1 aliphatic rings. The van der Waals surface area contributed by atoms with E-state index in [-0.39, 0.29) is 24.0 Å². The molecule has 1 aromatic carbocycles. The van der Waals surface area contributed by atoms with Crippen molar-refractivity contribution in [3.63, 3.8) is 0 Å². The summed E-state index contributed by atoms with van der Waals surface area (Å²) in [7, 11) is 0. The fourth-order valence-electron chi connectivity index (χ4n) is 2.89. The molecule has 6 heteroatoms. The lowest BCUT2D eigenvalue weighted by Gasteiger charge is -2.34. The first-order valence-corrected chi connectivity index (χ1v) is 7.64. The number of hydrogen-bond acceptors (Lipinski definition) is 3. The van der Waals surface area contributed by atoms with Crippen LogP contribution in [0.15, 0.2) is 30.6 Å². The van der Waals surface area contributed by atoms with Crippen molar-refractivity contribution < 1.29 is 14.0 Å². The third-order valence-electron chi connectivity index (χ3n) is 4.23. The summed E-state index contributed by atoms with van der Waals surface area (Å²) >= 11 is 0. The SMILES string of the molecule is CCn1cc(C(=O)C(=O)N2Cc3cc(F)ccc3C[C@@H]2C)cn1. The molecule has 120 valence electrons. The standard InChI is InChI=1S/C17H18FN3O2/c1-3-20-9-14(8-19-20)16(22)17(23)21-10-13-7-15(18)5-4-12(13)6-11(21)2/h4-5,7-9,11H,3,6,10H2,1-2H3/t11-/m0/s1. The fraction of sp³-hybridized carbons (Fsp3) is 0.353. The highest BCUT2D eigenvalue weighted by atomic mass is 19.1. The maximum atomic E-state index is 13.4. The Labute approximate surface area is 133 Å². The number of fused-ring (bicyclic) bond motifs is 1. The molecule has 23 heavy (non-hydrogen) atoms. The van der Waals surface area contributed by atoms with E-state index in [2.05, 4.69) is 5.10 Å². The van der Waals surface area contributed by atoms with Gasteiger partial charge in [-0.15, -0.1) is 0 Å². The van der Waals surface area contributed by atoms with Crippen LogP contribution in [0.2, 0.25) is 0 Å². The van der Waals surface area contributed by atoms with Crippen molar-refractivity contribution in [3.05, 3.63) is 53.1 Å². The predicted molar refractivity (Wildman–Crippen MR) is 82.3 cm³/mol. The van der Waals surface area contributed by atoms with E-state index in [1.807, 2.05) is 13.8 Å². The van der Waals surface area contributed by atoms with E-state index in [4.69, 9.17) is 0 Å². The van der Waals surface area contributed by atoms with Crippen LogP contribution in [0.1, 0.15) is 35.3 Å². The van der Waals surface area contributed by atoms with E-state index >= 15 is 0 Å². The van der Waals surface area contributed by atoms with Gasteiger partial charge in [0.2, 0.25) is 0 Å². The van der Waals surface area contributed by atoms with E-state index in [0.29, 0.717) is 13.0 Å². The zero-order valence-corrected chi connectivity index (χ0v) is 13.1. The number of carbonyl (C=O) groups is 2. The van der Waals surface area contributed by atoms with Gasteiger partial charge in [0.15, 0.2) is 0 Å². The lowest BCUT2D eigenvalue weighted by atomic mass is 9.94. The Morgan fingerprint density at radius 2 is 2.13 bits per heavy atom. The fourth-order valence-corrected chi connectivity index (χ4v) is 2.89. The lowest BCUT2D eigenvalue weighted by Crippen LogP contribution is -2.45. The highest BCUT2D eigenvalue weighted by molar-refractivity contribution is 6.42. The van der Waals surface area contributed by atoms with Gasteiger partial charge in [0.05, 0.1) is 11.8 Å². The molecule has 0 saturated carbocycles. The first-order chi connectivity index (χ1) is 11.0. The molecule has 0 bridgehead atoms. The number of benzene rings is 1. The quantitative estimate of drug-likeness (QED) is 0.644. The Kier molecular flexibility index (Phi) is 3.98. The highest BCUT2D eigenvalue weighted by Crippen LogP contribution is 2.24. The molecule has 0 aliphatic carbocycles. The maximum absolute atomic E-state index is 13.4. The van der Waals surface area contributed by atoms with Crippen molar-refractivity contribution in [2.24, 2.45) is 0 Å². The van der Waals surface area contributed by atoms with Gasteiger partial charge in [0.1, 0.15) is 5.82 Å². The number of rotatable bonds is 3. The van der Waals surface area contributed by atoms with Crippen LogP contribution < -0.4 is 0 Å². The summed E-state index contributed by atoms with van der Waals surface area (Å²) in [5, 5.41) is 4.03. The van der Waals surface area contributed by atoms with Gasteiger partial charge in [-0.3, -0.25) is 14.3 Å². The number of Topliss-reactive ketones (excluding diaryl/α,β-unsaturated/α-hetero) is 1. The van der Waals surface area contributed by atoms with Crippen molar-refractivity contribution in [1.29, 1.82) is 0 Å². The Morgan fingerprint density at radius 3 is 2.83 bits per heavy atom. The molecule has 5 nitrogen and oxygen atoms in total. The van der Waals surface area contributed by atoms with Gasteiger partial charge in [-0.25, -0.2) is 4.39 Å². The number of aryl methyl sites for hydroxylation is 1. The normalized spacial score (nSPS) is 17.0. The van der Waals surface area contributed by atoms with Gasteiger partial charge in [0.25, 0.3) is 11.7 Å². The number of carbonyl (C=O) groups excluding carboxylic acids is 2. The van der Waals surface area contributed by atoms with Gasteiger partial charge in [-0.05, 0) is 43.5 Å². The number of ketones is 1. The molecule has 0 unspecified atom stereocenters. The number of aromatic nitrogens is 2. The minimum Gasteiger partial charge on any atom is -0.328 e. The molecule has 2 heterocycles. The van der Waals surface area contributed by atoms with Crippen LogP contribution >= 0.6 is 0 Å². The molecule has 0 fully saturated rings. The summed E-state index contributed by atoms with van der Waals surface area (Å²) in [6, 6.07) is 4.50. The molecule has 1 aliphatic heterocycles. The van der Waals surface area contributed by atoms with Crippen LogP contribution in [0, 0.1) is 5.82 Å². The van der Waals surface area contributed by atoms with Crippen LogP contribution in [0.5, 0.6) is 0 Å². The molecule has 3 rings (SSSR count). The zero-order valence-electron chi connectivity index (χ0n) is 13.1. The van der Waals surface area contributed by atoms with Gasteiger partial charge < -0.3 is 4.90 Å². The van der Waals surface area contributed by atoms with Crippen molar-refractivity contribution >= 4 is 11.7 Å². The Morgan fingerprint density at radius 1 is 1.35 bits per heavy atom. The summed E-state index contributed by atoms with van der Waals surface area (Å²) in [6.45, 7) is 4.68. The number of hydrogen-bond donors (Lipinski definition) is 0. The van der Waals surface area contributed by atoms with Gasteiger partial charge >= 0.3 is 0 Å². The summed E-state index contributed by atoms with van der Waals surface area (Å²) < 4.78 is 15.0. The second-order valence-corrected chi connectivity index (χ2v) is 5.81. The topological polar surface area (TPSA) is 55.2 Å². The molecule has 1 aromatic heterocycles. The summed E-state index contributed by atoms with van der Waals surface area (Å²) in [6.07, 6.45) is 3.59. The Bertz CT molecular complexity index is 769. The van der Waals surface area contributed by atoms with Crippen LogP contribution in [0.25, 0.3) is 0 Å². The molecule has 0 spiro atoms. The molecule has 0 N–H and O–H groups in total. The monoisotopic (exact) mass is 315 g/mol. The van der Waals surface area contributed by atoms with Crippen LogP contribution in [0.4, 0.5) is 4.39 Å². The molecular weight excluding hydrogens is 297 g/mol. The third kappa shape index (κ3) is 2.88. The Hall–Kier alpha value is -2.50. The molecule has 2 aromatic rings. The Balaban J connectivity index is 1.83. The van der Waals surface area contributed by atoms with E-state index < -0.39 is 11.7 Å². The van der Waals surface area contributed by atoms with E-state index in [0.717, 1.165) is 11.1 Å². The van der Waals surface area contributed by atoms with Crippen molar-refractivity contribution in [2.75, 3.05) is 0 Å².